The number of hydrogen-bond acceptors (Lipinski definition) is 8. The average Bonchev–Trinajstić information content (AvgIpc) is 3.17. The van der Waals surface area contributed by atoms with Crippen LogP contribution >= 0.6 is 0 Å². The predicted molar refractivity (Wildman–Crippen MR) is 121 cm³/mol. The van der Waals surface area contributed by atoms with Crippen LogP contribution in [0.4, 0.5) is 0 Å². The number of sulfone groups is 1. The van der Waals surface area contributed by atoms with E-state index in [1.807, 2.05) is 30.3 Å². The Balaban J connectivity index is 1.65. The summed E-state index contributed by atoms with van der Waals surface area (Å²) in [6, 6.07) is 6.56. The van der Waals surface area contributed by atoms with E-state index in [0.29, 0.717) is 24.7 Å². The summed E-state index contributed by atoms with van der Waals surface area (Å²) in [6.45, 7) is 4.42. The largest absolute Gasteiger partial charge is 0.491 e. The van der Waals surface area contributed by atoms with Gasteiger partial charge < -0.3 is 18.9 Å². The quantitative estimate of drug-likeness (QED) is 0.222. The first-order valence-corrected chi connectivity index (χ1v) is 12.4. The van der Waals surface area contributed by atoms with Gasteiger partial charge in [0.15, 0.2) is 15.6 Å². The van der Waals surface area contributed by atoms with Gasteiger partial charge in [-0.15, -0.1) is 0 Å². The normalized spacial score (nSPS) is 23.1. The average molecular weight is 482 g/mol. The first-order valence-electron chi connectivity index (χ1n) is 10.7. The van der Waals surface area contributed by atoms with Crippen molar-refractivity contribution in [3.05, 3.63) is 53.0 Å². The van der Waals surface area contributed by atoms with Crippen molar-refractivity contribution < 1.29 is 37.4 Å². The zero-order valence-electron chi connectivity index (χ0n) is 19.0. The molecule has 9 nitrogen and oxygen atoms in total. The maximum Gasteiger partial charge on any atom is 0.233 e. The van der Waals surface area contributed by atoms with Crippen LogP contribution in [0.25, 0.3) is 0 Å². The molecule has 0 radical (unpaired) electrons. The summed E-state index contributed by atoms with van der Waals surface area (Å²) in [6.07, 6.45) is 5.00. The van der Waals surface area contributed by atoms with Crippen molar-refractivity contribution in [3.8, 4) is 5.75 Å². The molecule has 1 aromatic carbocycles. The van der Waals surface area contributed by atoms with Gasteiger partial charge in [-0.05, 0) is 44.0 Å². The number of benzene rings is 1. The van der Waals surface area contributed by atoms with Crippen LogP contribution in [0, 0.1) is 0 Å². The summed E-state index contributed by atoms with van der Waals surface area (Å²) < 4.78 is 47.8. The van der Waals surface area contributed by atoms with E-state index in [1.165, 1.54) is 0 Å². The molecule has 3 atom stereocenters. The fourth-order valence-electron chi connectivity index (χ4n) is 3.79. The smallest absolute Gasteiger partial charge is 0.233 e. The molecule has 1 saturated heterocycles. The first kappa shape index (κ1) is 25.4. The maximum absolute atomic E-state index is 13.1. The van der Waals surface area contributed by atoms with Crippen molar-refractivity contribution >= 4 is 16.2 Å². The molecule has 1 aliphatic heterocycles. The second-order valence-corrected chi connectivity index (χ2v) is 10.5. The third-order valence-corrected chi connectivity index (χ3v) is 7.39. The molecular weight excluding hydrogens is 450 g/mol. The summed E-state index contributed by atoms with van der Waals surface area (Å²) in [5.74, 6) is -0.631. The number of ether oxygens (including phenoxy) is 4. The van der Waals surface area contributed by atoms with E-state index in [2.05, 4.69) is 0 Å². The van der Waals surface area contributed by atoms with Crippen LogP contribution in [0.2, 0.25) is 0 Å². The minimum absolute atomic E-state index is 0.0319. The molecule has 33 heavy (non-hydrogen) atoms. The molecule has 0 aromatic heterocycles. The molecule has 1 amide bonds. The number of allylic oxidation sites excluding steroid dienone is 3. The molecule has 0 saturated carbocycles. The van der Waals surface area contributed by atoms with E-state index in [-0.39, 0.29) is 23.8 Å². The topological polar surface area (TPSA) is 112 Å². The second-order valence-electron chi connectivity index (χ2n) is 8.42. The molecule has 0 bridgehead atoms. The van der Waals surface area contributed by atoms with Gasteiger partial charge in [-0.3, -0.25) is 10.0 Å². The highest BCUT2D eigenvalue weighted by atomic mass is 32.2. The van der Waals surface area contributed by atoms with Crippen molar-refractivity contribution in [2.45, 2.75) is 44.1 Å². The highest BCUT2D eigenvalue weighted by Gasteiger charge is 2.42. The van der Waals surface area contributed by atoms with Gasteiger partial charge >= 0.3 is 0 Å². The lowest BCUT2D eigenvalue weighted by atomic mass is 9.92. The number of hydrogen-bond donors (Lipinski definition) is 1. The van der Waals surface area contributed by atoms with Crippen molar-refractivity contribution in [2.75, 3.05) is 32.7 Å². The van der Waals surface area contributed by atoms with Gasteiger partial charge in [-0.1, -0.05) is 24.3 Å². The molecule has 1 N–H and O–H groups in total. The Morgan fingerprint density at radius 2 is 2.00 bits per heavy atom. The summed E-state index contributed by atoms with van der Waals surface area (Å²) in [5, 5.41) is 10.3. The van der Waals surface area contributed by atoms with Gasteiger partial charge in [0, 0.05) is 13.0 Å². The van der Waals surface area contributed by atoms with Crippen LogP contribution in [-0.4, -0.2) is 75.7 Å². The Morgan fingerprint density at radius 1 is 1.27 bits per heavy atom. The third-order valence-electron chi connectivity index (χ3n) is 5.59. The fraction of sp³-hybridized carbons (Fsp3) is 0.522. The van der Waals surface area contributed by atoms with E-state index >= 15 is 0 Å². The summed E-state index contributed by atoms with van der Waals surface area (Å²) in [7, 11) is -2.18. The van der Waals surface area contributed by atoms with Gasteiger partial charge in [0.25, 0.3) is 0 Å². The fourth-order valence-corrected chi connectivity index (χ4v) is 5.44. The van der Waals surface area contributed by atoms with Gasteiger partial charge in [0.1, 0.15) is 24.5 Å². The van der Waals surface area contributed by atoms with Crippen LogP contribution < -0.4 is 4.74 Å². The molecule has 1 aromatic rings. The number of nitrogens with zero attached hydrogens (tertiary/aromatic N) is 1. The molecule has 182 valence electrons. The van der Waals surface area contributed by atoms with E-state index in [9.17, 15) is 18.4 Å². The molecule has 1 fully saturated rings. The lowest BCUT2D eigenvalue weighted by Gasteiger charge is -2.28. The van der Waals surface area contributed by atoms with Crippen molar-refractivity contribution in [1.29, 1.82) is 0 Å². The van der Waals surface area contributed by atoms with Crippen LogP contribution in [0.5, 0.6) is 5.75 Å². The van der Waals surface area contributed by atoms with E-state index in [1.54, 1.807) is 33.1 Å². The maximum atomic E-state index is 13.1. The second kappa shape index (κ2) is 10.8. The Labute approximate surface area is 194 Å². The highest BCUT2D eigenvalue weighted by molar-refractivity contribution is 7.95. The van der Waals surface area contributed by atoms with Crippen LogP contribution in [0.1, 0.15) is 31.7 Å². The number of carbonyl (C=O) groups is 1. The minimum Gasteiger partial charge on any atom is -0.491 e. The zero-order chi connectivity index (χ0) is 24.1. The number of hydroxylamine groups is 2. The molecule has 1 heterocycles. The number of methoxy groups -OCH3 is 1. The van der Waals surface area contributed by atoms with Crippen molar-refractivity contribution in [3.63, 3.8) is 0 Å². The molecule has 10 heteroatoms. The Bertz CT molecular complexity index is 971. The van der Waals surface area contributed by atoms with Gasteiger partial charge in [-0.25, -0.2) is 13.5 Å². The standard InChI is InChI=1S/C23H31NO8S/c1-23(2)31-14-22(32-23)21(24(26)16-25)15-33(27,28)20-10-6-18(7-11-20)17-4-8-19(9-5-17)30-13-12-29-3/h4-6,8-11,16,18,21-22,26H,7,12-15H2,1-3H3/t18?,21-,22-/m1/s1. The molecule has 0 spiro atoms. The summed E-state index contributed by atoms with van der Waals surface area (Å²) in [4.78, 5) is 11.3. The lowest BCUT2D eigenvalue weighted by Crippen LogP contribution is -2.47. The van der Waals surface area contributed by atoms with Gasteiger partial charge in [0.05, 0.1) is 23.9 Å². The SMILES string of the molecule is COCCOc1ccc(C2C=CC(S(=O)(=O)C[C@H]([C@H]3COC(C)(C)O3)N(O)C=O)=CC2)cc1. The third kappa shape index (κ3) is 6.64. The number of rotatable bonds is 11. The van der Waals surface area contributed by atoms with E-state index < -0.39 is 33.5 Å². The number of amides is 1. The molecule has 3 rings (SSSR count). The molecule has 1 unspecified atom stereocenters. The molecular formula is C23H31NO8S. The van der Waals surface area contributed by atoms with Crippen LogP contribution in [-0.2, 0) is 28.8 Å². The molecule has 2 aliphatic rings. The lowest BCUT2D eigenvalue weighted by molar-refractivity contribution is -0.182. The van der Waals surface area contributed by atoms with Crippen LogP contribution in [0.15, 0.2) is 47.4 Å². The summed E-state index contributed by atoms with van der Waals surface area (Å²) >= 11 is 0. The van der Waals surface area contributed by atoms with Crippen LogP contribution in [0.3, 0.4) is 0 Å². The minimum atomic E-state index is -3.79. The molecule has 1 aliphatic carbocycles. The monoisotopic (exact) mass is 481 g/mol. The Morgan fingerprint density at radius 3 is 2.55 bits per heavy atom. The predicted octanol–water partition coefficient (Wildman–Crippen LogP) is 2.42. The Hall–Kier alpha value is -2.24. The van der Waals surface area contributed by atoms with Gasteiger partial charge in [0.2, 0.25) is 6.41 Å². The van der Waals surface area contributed by atoms with E-state index in [0.717, 1.165) is 11.3 Å². The van der Waals surface area contributed by atoms with E-state index in [4.69, 9.17) is 18.9 Å². The van der Waals surface area contributed by atoms with Crippen molar-refractivity contribution in [2.24, 2.45) is 0 Å². The van der Waals surface area contributed by atoms with Gasteiger partial charge in [-0.2, -0.15) is 0 Å². The first-order chi connectivity index (χ1) is 15.6. The number of carbonyl (C=O) groups excluding carboxylic acids is 1. The summed E-state index contributed by atoms with van der Waals surface area (Å²) in [5.41, 5.74) is 1.04. The van der Waals surface area contributed by atoms with Crippen molar-refractivity contribution in [1.82, 2.24) is 5.06 Å². The highest BCUT2D eigenvalue weighted by Crippen LogP contribution is 2.31. The Kier molecular flexibility index (Phi) is 8.30. The zero-order valence-corrected chi connectivity index (χ0v) is 19.9.